The first-order valence-electron chi connectivity index (χ1n) is 18.1. The average molecular weight is 800 g/mol. The molecule has 1 aromatic carbocycles. The lowest BCUT2D eigenvalue weighted by molar-refractivity contribution is -0.164. The molecule has 2 saturated heterocycles. The quantitative estimate of drug-likeness (QED) is 0.125. The number of ether oxygens (including phenoxy) is 2. The molecule has 2 aromatic heterocycles. The fourth-order valence-corrected chi connectivity index (χ4v) is 8.09. The summed E-state index contributed by atoms with van der Waals surface area (Å²) in [6.45, 7) is 1.80. The number of hydrogen-bond acceptors (Lipinski definition) is 8. The third kappa shape index (κ3) is 9.97. The van der Waals surface area contributed by atoms with Gasteiger partial charge in [0.25, 0.3) is 11.8 Å². The maximum atomic E-state index is 14.9. The van der Waals surface area contributed by atoms with Crippen molar-refractivity contribution in [2.75, 3.05) is 26.2 Å². The van der Waals surface area contributed by atoms with Crippen molar-refractivity contribution in [2.45, 2.75) is 100 Å². The van der Waals surface area contributed by atoms with Crippen molar-refractivity contribution in [2.24, 2.45) is 0 Å². The highest BCUT2D eigenvalue weighted by Crippen LogP contribution is 2.44. The Morgan fingerprint density at radius 2 is 1.71 bits per heavy atom. The van der Waals surface area contributed by atoms with Crippen LogP contribution in [-0.4, -0.2) is 86.3 Å². The van der Waals surface area contributed by atoms with Crippen LogP contribution >= 0.6 is 11.3 Å². The van der Waals surface area contributed by atoms with E-state index in [1.165, 1.54) is 4.90 Å². The van der Waals surface area contributed by atoms with Gasteiger partial charge in [0.2, 0.25) is 5.60 Å². The monoisotopic (exact) mass is 799 g/mol. The molecule has 0 bridgehead atoms. The number of aliphatic carboxylic acids is 1. The van der Waals surface area contributed by atoms with E-state index in [9.17, 15) is 45.8 Å². The highest BCUT2D eigenvalue weighted by Gasteiger charge is 2.56. The molecule has 2 amide bonds. The van der Waals surface area contributed by atoms with E-state index in [-0.39, 0.29) is 83.4 Å². The lowest BCUT2D eigenvalue weighted by atomic mass is 9.78. The molecule has 2 aliphatic heterocycles. The number of carboxylic acid groups (broad SMARTS) is 1. The van der Waals surface area contributed by atoms with Crippen molar-refractivity contribution < 1.29 is 60.4 Å². The lowest BCUT2D eigenvalue weighted by Crippen LogP contribution is -2.69. The Kier molecular flexibility index (Phi) is 13.2. The summed E-state index contributed by atoms with van der Waals surface area (Å²) >= 11 is 0.362. The van der Waals surface area contributed by atoms with Gasteiger partial charge in [-0.25, -0.2) is 0 Å². The molecule has 3 aromatic rings. The molecule has 3 atom stereocenters. The predicted octanol–water partition coefficient (Wildman–Crippen LogP) is 7.77. The number of alkyl halides is 6. The van der Waals surface area contributed by atoms with Crippen LogP contribution in [0.25, 0.3) is 0 Å². The third-order valence-electron chi connectivity index (χ3n) is 10.1. The summed E-state index contributed by atoms with van der Waals surface area (Å²) in [5.74, 6) is -2.98. The van der Waals surface area contributed by atoms with Gasteiger partial charge in [-0.3, -0.25) is 19.4 Å². The minimum Gasteiger partial charge on any atom is -0.481 e. The van der Waals surface area contributed by atoms with E-state index in [1.807, 2.05) is 30.3 Å². The Morgan fingerprint density at radius 1 is 1.00 bits per heavy atom. The first kappa shape index (κ1) is 41.9. The minimum absolute atomic E-state index is 0.0103. The van der Waals surface area contributed by atoms with E-state index >= 15 is 0 Å². The van der Waals surface area contributed by atoms with Crippen molar-refractivity contribution in [1.29, 1.82) is 0 Å². The Balaban J connectivity index is 1.44. The summed E-state index contributed by atoms with van der Waals surface area (Å²) in [6, 6.07) is 10.4. The van der Waals surface area contributed by atoms with Crippen LogP contribution in [0.1, 0.15) is 97.3 Å². The van der Waals surface area contributed by atoms with E-state index in [4.69, 9.17) is 14.6 Å². The highest BCUT2D eigenvalue weighted by atomic mass is 32.1. The van der Waals surface area contributed by atoms with Crippen LogP contribution in [0.5, 0.6) is 5.75 Å². The predicted molar refractivity (Wildman–Crippen MR) is 188 cm³/mol. The molecule has 4 heterocycles. The number of carboxylic acids is 1. The van der Waals surface area contributed by atoms with Gasteiger partial charge in [-0.2, -0.15) is 26.3 Å². The molecule has 1 unspecified atom stereocenters. The normalized spacial score (nSPS) is 20.9. The summed E-state index contributed by atoms with van der Waals surface area (Å²) in [5.41, 5.74) is -4.69. The van der Waals surface area contributed by atoms with E-state index in [2.05, 4.69) is 4.98 Å². The summed E-state index contributed by atoms with van der Waals surface area (Å²) < 4.78 is 95.5. The van der Waals surface area contributed by atoms with Crippen molar-refractivity contribution in [3.8, 4) is 5.75 Å². The van der Waals surface area contributed by atoms with Gasteiger partial charge in [0.1, 0.15) is 16.3 Å². The van der Waals surface area contributed by atoms with Crippen LogP contribution in [0.15, 0.2) is 60.1 Å². The SMILES string of the molecule is CCC[C@H]1N(C(=O)c2ncccc2C(F)(F)F)CCC[C@@]1(Oc1csc(C(F)(F)F)c1)C(=O)N1CCC(O)(CC(OCCCC(=O)O)c2ccccc2)CC1. The molecule has 2 N–H and O–H groups in total. The fourth-order valence-electron chi connectivity index (χ4n) is 7.41. The first-order valence-corrected chi connectivity index (χ1v) is 18.9. The zero-order chi connectivity index (χ0) is 40.0. The number of thiophene rings is 1. The molecular weight excluding hydrogens is 756 g/mol. The second-order valence-electron chi connectivity index (χ2n) is 13.9. The number of aliphatic hydroxyl groups is 1. The van der Waals surface area contributed by atoms with Crippen LogP contribution in [0.2, 0.25) is 0 Å². The topological polar surface area (TPSA) is 130 Å². The molecular formula is C38H43F6N3O7S. The summed E-state index contributed by atoms with van der Waals surface area (Å²) in [5, 5.41) is 21.9. The van der Waals surface area contributed by atoms with Gasteiger partial charge < -0.3 is 29.5 Å². The van der Waals surface area contributed by atoms with Gasteiger partial charge in [-0.05, 0) is 49.8 Å². The average Bonchev–Trinajstić information content (AvgIpc) is 3.62. The van der Waals surface area contributed by atoms with E-state index in [0.717, 1.165) is 40.2 Å². The van der Waals surface area contributed by atoms with Gasteiger partial charge in [-0.15, -0.1) is 11.3 Å². The summed E-state index contributed by atoms with van der Waals surface area (Å²) in [4.78, 5) is 45.3. The molecule has 300 valence electrons. The molecule has 2 fully saturated rings. The van der Waals surface area contributed by atoms with Crippen LogP contribution in [-0.2, 0) is 26.7 Å². The summed E-state index contributed by atoms with van der Waals surface area (Å²) in [7, 11) is 0. The van der Waals surface area contributed by atoms with Crippen molar-refractivity contribution in [3.05, 3.63) is 81.8 Å². The molecule has 0 spiro atoms. The molecule has 55 heavy (non-hydrogen) atoms. The van der Waals surface area contributed by atoms with Crippen molar-refractivity contribution in [3.63, 3.8) is 0 Å². The number of rotatable bonds is 14. The zero-order valence-corrected chi connectivity index (χ0v) is 30.9. The maximum Gasteiger partial charge on any atom is 0.425 e. The molecule has 2 aliphatic rings. The van der Waals surface area contributed by atoms with Crippen LogP contribution in [0, 0.1) is 0 Å². The van der Waals surface area contributed by atoms with Crippen molar-refractivity contribution in [1.82, 2.24) is 14.8 Å². The number of carbonyl (C=O) groups is 3. The molecule has 0 radical (unpaired) electrons. The van der Waals surface area contributed by atoms with E-state index in [1.54, 1.807) is 6.92 Å². The number of halogens is 6. The molecule has 10 nitrogen and oxygen atoms in total. The van der Waals surface area contributed by atoms with Gasteiger partial charge in [0.15, 0.2) is 0 Å². The van der Waals surface area contributed by atoms with Gasteiger partial charge in [-0.1, -0.05) is 43.7 Å². The molecule has 17 heteroatoms. The Bertz CT molecular complexity index is 1780. The number of likely N-dealkylation sites (tertiary alicyclic amines) is 2. The standard InChI is InChI=1S/C38H43F6N3O7S/c1-2-9-29-36(54-26-22-30(55-24-26)38(42,43)44,14-8-18-47(29)33(50)32-27(37(39,40)41)12-6-17-45-32)34(51)46-19-15-35(52,16-20-46)23-28(25-10-4-3-5-11-25)53-21-7-13-31(48)49/h3-6,10-12,17,22,24,28-29,52H,2,7-9,13-16,18-21,23H2,1H3,(H,48,49)/t28?,29-,36+/m1/s1. The number of piperidine rings is 2. The van der Waals surface area contributed by atoms with E-state index < -0.39 is 69.6 Å². The largest absolute Gasteiger partial charge is 0.481 e. The molecule has 5 rings (SSSR count). The fraction of sp³-hybridized carbons (Fsp3) is 0.526. The van der Waals surface area contributed by atoms with E-state index in [0.29, 0.717) is 17.8 Å². The number of pyridine rings is 1. The van der Waals surface area contributed by atoms with Crippen LogP contribution in [0.3, 0.4) is 0 Å². The number of benzene rings is 1. The van der Waals surface area contributed by atoms with Gasteiger partial charge >= 0.3 is 18.3 Å². The smallest absolute Gasteiger partial charge is 0.425 e. The van der Waals surface area contributed by atoms with Crippen LogP contribution < -0.4 is 4.74 Å². The number of nitrogens with zero attached hydrogens (tertiary/aromatic N) is 3. The third-order valence-corrected chi connectivity index (χ3v) is 11.0. The lowest BCUT2D eigenvalue weighted by Gasteiger charge is -2.51. The second kappa shape index (κ2) is 17.3. The van der Waals surface area contributed by atoms with Crippen LogP contribution in [0.4, 0.5) is 26.3 Å². The molecule has 0 saturated carbocycles. The first-order chi connectivity index (χ1) is 26.0. The number of amides is 2. The second-order valence-corrected chi connectivity index (χ2v) is 14.8. The Hall–Kier alpha value is -4.22. The Labute approximate surface area is 318 Å². The minimum atomic E-state index is -4.92. The van der Waals surface area contributed by atoms with Crippen molar-refractivity contribution >= 4 is 29.1 Å². The molecule has 0 aliphatic carbocycles. The number of hydrogen-bond donors (Lipinski definition) is 2. The zero-order valence-electron chi connectivity index (χ0n) is 30.1. The maximum absolute atomic E-state index is 14.9. The van der Waals surface area contributed by atoms with Gasteiger partial charge in [0.05, 0.1) is 23.3 Å². The number of carbonyl (C=O) groups excluding carboxylic acids is 2. The summed E-state index contributed by atoms with van der Waals surface area (Å²) in [6.07, 6.45) is -8.32. The van der Waals surface area contributed by atoms with Gasteiger partial charge in [0, 0.05) is 63.1 Å². The Morgan fingerprint density at radius 3 is 2.33 bits per heavy atom. The highest BCUT2D eigenvalue weighted by molar-refractivity contribution is 7.10. The number of aromatic nitrogens is 1.